The lowest BCUT2D eigenvalue weighted by molar-refractivity contribution is -0.142. The average Bonchev–Trinajstić information content (AvgIpc) is 2.00. The first-order chi connectivity index (χ1) is 6.45. The van der Waals surface area contributed by atoms with Gasteiger partial charge in [-0.3, -0.25) is 4.90 Å². The summed E-state index contributed by atoms with van der Waals surface area (Å²) in [5.74, 6) is 0. The van der Waals surface area contributed by atoms with Crippen molar-refractivity contribution in [2.24, 2.45) is 0 Å². The van der Waals surface area contributed by atoms with E-state index in [9.17, 15) is 13.2 Å². The molecule has 0 saturated carbocycles. The Kier molecular flexibility index (Phi) is 6.92. The summed E-state index contributed by atoms with van der Waals surface area (Å²) in [7, 11) is 1.48. The lowest BCUT2D eigenvalue weighted by atomic mass is 10.3. The number of nitrogens with zero attached hydrogens (tertiary/aromatic N) is 1. The number of halogens is 3. The van der Waals surface area contributed by atoms with Crippen molar-refractivity contribution in [1.29, 1.82) is 0 Å². The van der Waals surface area contributed by atoms with Crippen LogP contribution >= 0.6 is 0 Å². The number of alkyl halides is 3. The molecule has 0 amide bonds. The number of hydrogen-bond acceptors (Lipinski definition) is 2. The molecule has 2 nitrogen and oxygen atoms in total. The smallest absolute Gasteiger partial charge is 0.315 e. The van der Waals surface area contributed by atoms with Crippen molar-refractivity contribution in [2.75, 3.05) is 33.2 Å². The summed E-state index contributed by atoms with van der Waals surface area (Å²) in [5, 5.41) is 3.09. The quantitative estimate of drug-likeness (QED) is 0.648. The zero-order valence-electron chi connectivity index (χ0n) is 8.82. The molecular weight excluding hydrogens is 193 g/mol. The highest BCUT2D eigenvalue weighted by Crippen LogP contribution is 2.14. The highest BCUT2D eigenvalue weighted by molar-refractivity contribution is 4.60. The summed E-state index contributed by atoms with van der Waals surface area (Å²) in [6.07, 6.45) is -1.91. The Hall–Kier alpha value is -0.290. The van der Waals surface area contributed by atoms with Gasteiger partial charge in [-0.1, -0.05) is 13.3 Å². The maximum absolute atomic E-state index is 11.9. The number of likely N-dealkylation sites (N-methyl/N-ethyl adjacent to an activating group) is 1. The molecule has 14 heavy (non-hydrogen) atoms. The third kappa shape index (κ3) is 9.80. The zero-order chi connectivity index (χ0) is 11.0. The van der Waals surface area contributed by atoms with Gasteiger partial charge in [0, 0.05) is 13.1 Å². The predicted molar refractivity (Wildman–Crippen MR) is 51.3 cm³/mol. The maximum atomic E-state index is 11.9. The highest BCUT2D eigenvalue weighted by Gasteiger charge is 2.28. The van der Waals surface area contributed by atoms with E-state index < -0.39 is 12.7 Å². The second-order valence-electron chi connectivity index (χ2n) is 3.46. The minimum atomic E-state index is -4.09. The Balaban J connectivity index is 3.31. The molecule has 0 atom stereocenters. The molecule has 0 aromatic carbocycles. The van der Waals surface area contributed by atoms with E-state index in [0.717, 1.165) is 19.4 Å². The summed E-state index contributed by atoms with van der Waals surface area (Å²) in [6, 6.07) is 0. The van der Waals surface area contributed by atoms with Gasteiger partial charge in [0.15, 0.2) is 0 Å². The van der Waals surface area contributed by atoms with Crippen LogP contribution in [0.25, 0.3) is 0 Å². The van der Waals surface area contributed by atoms with Crippen molar-refractivity contribution in [3.8, 4) is 0 Å². The molecule has 0 spiro atoms. The first-order valence-electron chi connectivity index (χ1n) is 4.91. The third-order valence-corrected chi connectivity index (χ3v) is 1.83. The molecule has 0 aliphatic carbocycles. The van der Waals surface area contributed by atoms with E-state index >= 15 is 0 Å². The number of nitrogens with one attached hydrogen (secondary N) is 1. The van der Waals surface area contributed by atoms with Crippen molar-refractivity contribution in [3.05, 3.63) is 0 Å². The van der Waals surface area contributed by atoms with E-state index in [2.05, 4.69) is 12.2 Å². The lowest BCUT2D eigenvalue weighted by Crippen LogP contribution is -2.36. The van der Waals surface area contributed by atoms with Gasteiger partial charge in [-0.25, -0.2) is 0 Å². The van der Waals surface area contributed by atoms with Crippen LogP contribution in [0.4, 0.5) is 13.2 Å². The van der Waals surface area contributed by atoms with Crippen LogP contribution in [-0.4, -0.2) is 44.3 Å². The predicted octanol–water partition coefficient (Wildman–Crippen LogP) is 1.87. The van der Waals surface area contributed by atoms with Gasteiger partial charge in [0.1, 0.15) is 0 Å². The molecule has 0 heterocycles. The molecule has 0 radical (unpaired) electrons. The van der Waals surface area contributed by atoms with Crippen molar-refractivity contribution in [2.45, 2.75) is 25.9 Å². The van der Waals surface area contributed by atoms with E-state index in [1.807, 2.05) is 0 Å². The number of hydrogen-bond donors (Lipinski definition) is 1. The Bertz CT molecular complexity index is 137. The molecule has 0 aromatic rings. The Morgan fingerprint density at radius 1 is 1.21 bits per heavy atom. The van der Waals surface area contributed by atoms with Crippen molar-refractivity contribution in [1.82, 2.24) is 10.2 Å². The summed E-state index contributed by atoms with van der Waals surface area (Å²) < 4.78 is 35.6. The fourth-order valence-corrected chi connectivity index (χ4v) is 1.08. The summed E-state index contributed by atoms with van der Waals surface area (Å²) >= 11 is 0. The standard InChI is InChI=1S/C9H19F3N2/c1-3-4-5-13-6-7-14(2)8-9(10,11)12/h13H,3-8H2,1-2H3. The molecule has 0 fully saturated rings. The van der Waals surface area contributed by atoms with Gasteiger partial charge in [0.05, 0.1) is 6.54 Å². The molecule has 86 valence electrons. The largest absolute Gasteiger partial charge is 0.401 e. The van der Waals surface area contributed by atoms with Crippen LogP contribution in [0.3, 0.4) is 0 Å². The van der Waals surface area contributed by atoms with E-state index in [4.69, 9.17) is 0 Å². The first-order valence-corrected chi connectivity index (χ1v) is 4.91. The van der Waals surface area contributed by atoms with E-state index in [1.54, 1.807) is 0 Å². The Labute approximate surface area is 83.5 Å². The number of rotatable bonds is 7. The summed E-state index contributed by atoms with van der Waals surface area (Å²) in [5.41, 5.74) is 0. The van der Waals surface area contributed by atoms with E-state index in [-0.39, 0.29) is 0 Å². The van der Waals surface area contributed by atoms with Gasteiger partial charge in [-0.2, -0.15) is 13.2 Å². The topological polar surface area (TPSA) is 15.3 Å². The second-order valence-corrected chi connectivity index (χ2v) is 3.46. The molecule has 0 rings (SSSR count). The lowest BCUT2D eigenvalue weighted by Gasteiger charge is -2.18. The maximum Gasteiger partial charge on any atom is 0.401 e. The minimum Gasteiger partial charge on any atom is -0.315 e. The molecule has 0 unspecified atom stereocenters. The molecule has 0 aliphatic rings. The first kappa shape index (κ1) is 13.7. The molecular formula is C9H19F3N2. The van der Waals surface area contributed by atoms with Crippen LogP contribution in [0.5, 0.6) is 0 Å². The van der Waals surface area contributed by atoms with Gasteiger partial charge < -0.3 is 5.32 Å². The van der Waals surface area contributed by atoms with Crippen molar-refractivity contribution >= 4 is 0 Å². The van der Waals surface area contributed by atoms with E-state index in [1.165, 1.54) is 11.9 Å². The van der Waals surface area contributed by atoms with Crippen LogP contribution < -0.4 is 5.32 Å². The molecule has 0 aromatic heterocycles. The van der Waals surface area contributed by atoms with Crippen molar-refractivity contribution < 1.29 is 13.2 Å². The molecule has 1 N–H and O–H groups in total. The van der Waals surface area contributed by atoms with Gasteiger partial charge in [-0.05, 0) is 20.0 Å². The molecule has 0 aliphatic heterocycles. The van der Waals surface area contributed by atoms with Crippen LogP contribution in [0.1, 0.15) is 19.8 Å². The van der Waals surface area contributed by atoms with Gasteiger partial charge >= 0.3 is 6.18 Å². The second kappa shape index (κ2) is 7.06. The van der Waals surface area contributed by atoms with E-state index in [0.29, 0.717) is 13.1 Å². The molecule has 5 heteroatoms. The fourth-order valence-electron chi connectivity index (χ4n) is 1.08. The summed E-state index contributed by atoms with van der Waals surface area (Å²) in [6.45, 7) is 3.19. The number of unbranched alkanes of at least 4 members (excludes halogenated alkanes) is 1. The summed E-state index contributed by atoms with van der Waals surface area (Å²) in [4.78, 5) is 1.28. The molecule has 0 saturated heterocycles. The highest BCUT2D eigenvalue weighted by atomic mass is 19.4. The van der Waals surface area contributed by atoms with Crippen LogP contribution in [0.15, 0.2) is 0 Å². The Morgan fingerprint density at radius 3 is 2.36 bits per heavy atom. The normalized spacial score (nSPS) is 12.4. The SMILES string of the molecule is CCCCNCCN(C)CC(F)(F)F. The van der Waals surface area contributed by atoms with Crippen molar-refractivity contribution in [3.63, 3.8) is 0 Å². The van der Waals surface area contributed by atoms with Crippen LogP contribution in [-0.2, 0) is 0 Å². The van der Waals surface area contributed by atoms with Gasteiger partial charge in [0.2, 0.25) is 0 Å². The zero-order valence-corrected chi connectivity index (χ0v) is 8.82. The monoisotopic (exact) mass is 212 g/mol. The third-order valence-electron chi connectivity index (χ3n) is 1.83. The average molecular weight is 212 g/mol. The molecule has 0 bridgehead atoms. The minimum absolute atomic E-state index is 0.434. The van der Waals surface area contributed by atoms with Crippen LogP contribution in [0.2, 0.25) is 0 Å². The van der Waals surface area contributed by atoms with Gasteiger partial charge in [0.25, 0.3) is 0 Å². The van der Waals surface area contributed by atoms with Crippen LogP contribution in [0, 0.1) is 0 Å². The van der Waals surface area contributed by atoms with Gasteiger partial charge in [-0.15, -0.1) is 0 Å². The Morgan fingerprint density at radius 2 is 1.86 bits per heavy atom. The fraction of sp³-hybridized carbons (Fsp3) is 1.00.